The molecule has 0 fully saturated rings. The van der Waals surface area contributed by atoms with E-state index in [0.29, 0.717) is 0 Å². The molecule has 0 heterocycles. The fraction of sp³-hybridized carbons (Fsp3) is 0.371. The van der Waals surface area contributed by atoms with Gasteiger partial charge in [0.15, 0.2) is 0 Å². The Hall–Kier alpha value is -2.51. The van der Waals surface area contributed by atoms with E-state index in [-0.39, 0.29) is 0 Å². The highest BCUT2D eigenvalue weighted by atomic mass is 32.2. The monoisotopic (exact) mass is 500 g/mol. The predicted molar refractivity (Wildman–Crippen MR) is 168 cm³/mol. The molecule has 0 nitrogen and oxygen atoms in total. The maximum absolute atomic E-state index is 4.05. The molecule has 0 atom stereocenters. The fourth-order valence-corrected chi connectivity index (χ4v) is 4.06. The Labute approximate surface area is 227 Å². The number of benzene rings is 3. The molecule has 0 aliphatic carbocycles. The fourth-order valence-electron chi connectivity index (χ4n) is 4.06. The maximum Gasteiger partial charge on any atom is -0.0142 e. The number of unbranched alkanes of at least 4 members (excludes halogenated alkanes) is 3. The number of allylic oxidation sites excluding steroid dienone is 1. The molecule has 0 amide bonds. The van der Waals surface area contributed by atoms with E-state index in [9.17, 15) is 0 Å². The van der Waals surface area contributed by atoms with Crippen LogP contribution < -0.4 is 0 Å². The number of hydrogen-bond acceptors (Lipinski definition) is 1. The van der Waals surface area contributed by atoms with Crippen molar-refractivity contribution >= 4 is 17.3 Å². The van der Waals surface area contributed by atoms with Crippen LogP contribution >= 0.6 is 11.8 Å². The molecule has 194 valence electrons. The molecule has 0 radical (unpaired) electrons. The molecule has 0 saturated carbocycles. The van der Waals surface area contributed by atoms with Gasteiger partial charge in [-0.15, -0.1) is 11.8 Å². The Morgan fingerprint density at radius 1 is 0.750 bits per heavy atom. The molecule has 0 saturated heterocycles. The number of hydrogen-bond donors (Lipinski definition) is 0. The van der Waals surface area contributed by atoms with Crippen LogP contribution in [0.3, 0.4) is 0 Å². The summed E-state index contributed by atoms with van der Waals surface area (Å²) in [4.78, 5) is 0. The lowest BCUT2D eigenvalue weighted by atomic mass is 9.94. The second kappa shape index (κ2) is 18.7. The summed E-state index contributed by atoms with van der Waals surface area (Å²) in [6.07, 6.45) is 10.7. The summed E-state index contributed by atoms with van der Waals surface area (Å²) in [5.41, 5.74) is 10.8. The minimum absolute atomic E-state index is 1.15. The lowest BCUT2D eigenvalue weighted by Gasteiger charge is -2.11. The van der Waals surface area contributed by atoms with Crippen LogP contribution in [0.15, 0.2) is 85.3 Å². The van der Waals surface area contributed by atoms with Crippen LogP contribution in [0, 0.1) is 13.8 Å². The van der Waals surface area contributed by atoms with Gasteiger partial charge in [-0.1, -0.05) is 119 Å². The zero-order valence-corrected chi connectivity index (χ0v) is 24.5. The summed E-state index contributed by atoms with van der Waals surface area (Å²) in [6, 6.07) is 24.5. The highest BCUT2D eigenvalue weighted by Gasteiger charge is 2.05. The minimum atomic E-state index is 1.15. The molecular formula is C35H48S. The molecule has 3 aromatic rings. The predicted octanol–water partition coefficient (Wildman–Crippen LogP) is 11.3. The van der Waals surface area contributed by atoms with E-state index < -0.39 is 0 Å². The first kappa shape index (κ1) is 31.5. The SMILES string of the molecule is C=C(C)c1cccc(CCCCCCc2ccc(-c3ccccc3C)c(C)c2)c1.C=CSC.CCC. The topological polar surface area (TPSA) is 0 Å². The number of aryl methyl sites for hydroxylation is 4. The van der Waals surface area contributed by atoms with E-state index in [0.717, 1.165) is 5.57 Å². The molecule has 3 rings (SSSR count). The Kier molecular flexibility index (Phi) is 16.4. The third kappa shape index (κ3) is 12.0. The summed E-state index contributed by atoms with van der Waals surface area (Å²) >= 11 is 1.62. The van der Waals surface area contributed by atoms with Crippen LogP contribution in [-0.4, -0.2) is 6.26 Å². The van der Waals surface area contributed by atoms with Crippen LogP contribution in [0.25, 0.3) is 16.7 Å². The van der Waals surface area contributed by atoms with E-state index in [1.54, 1.807) is 17.2 Å². The highest BCUT2D eigenvalue weighted by molar-refractivity contribution is 8.01. The highest BCUT2D eigenvalue weighted by Crippen LogP contribution is 2.27. The smallest absolute Gasteiger partial charge is 0.0142 e. The first-order valence-electron chi connectivity index (χ1n) is 13.4. The summed E-state index contributed by atoms with van der Waals surface area (Å²) in [5, 5.41) is 1.79. The van der Waals surface area contributed by atoms with Crippen LogP contribution in [0.4, 0.5) is 0 Å². The lowest BCUT2D eigenvalue weighted by Crippen LogP contribution is -1.92. The van der Waals surface area contributed by atoms with Gasteiger partial charge in [0.25, 0.3) is 0 Å². The van der Waals surface area contributed by atoms with Crippen LogP contribution in [0.1, 0.15) is 80.7 Å². The van der Waals surface area contributed by atoms with Crippen molar-refractivity contribution in [2.45, 2.75) is 79.6 Å². The zero-order chi connectivity index (χ0) is 26.8. The Morgan fingerprint density at radius 3 is 1.83 bits per heavy atom. The van der Waals surface area contributed by atoms with Crippen LogP contribution in [-0.2, 0) is 12.8 Å². The van der Waals surface area contributed by atoms with Gasteiger partial charge >= 0.3 is 0 Å². The van der Waals surface area contributed by atoms with Gasteiger partial charge in [0.2, 0.25) is 0 Å². The second-order valence-electron chi connectivity index (χ2n) is 9.47. The van der Waals surface area contributed by atoms with Crippen molar-refractivity contribution in [3.8, 4) is 11.1 Å². The summed E-state index contributed by atoms with van der Waals surface area (Å²) in [6.45, 7) is 18.3. The van der Waals surface area contributed by atoms with Gasteiger partial charge in [0.1, 0.15) is 0 Å². The van der Waals surface area contributed by atoms with Crippen molar-refractivity contribution in [2.75, 3.05) is 6.26 Å². The van der Waals surface area contributed by atoms with Crippen molar-refractivity contribution in [2.24, 2.45) is 0 Å². The normalized spacial score (nSPS) is 9.94. The van der Waals surface area contributed by atoms with Crippen molar-refractivity contribution in [1.29, 1.82) is 0 Å². The average molecular weight is 501 g/mol. The van der Waals surface area contributed by atoms with Crippen molar-refractivity contribution in [3.63, 3.8) is 0 Å². The molecule has 0 aromatic heterocycles. The van der Waals surface area contributed by atoms with E-state index in [1.807, 2.05) is 6.26 Å². The van der Waals surface area contributed by atoms with Gasteiger partial charge in [0.05, 0.1) is 0 Å². The van der Waals surface area contributed by atoms with E-state index in [1.165, 1.54) is 83.9 Å². The van der Waals surface area contributed by atoms with Crippen molar-refractivity contribution < 1.29 is 0 Å². The molecule has 0 spiro atoms. The molecule has 1 heteroatoms. The number of rotatable bonds is 10. The third-order valence-electron chi connectivity index (χ3n) is 5.99. The van der Waals surface area contributed by atoms with Crippen LogP contribution in [0.2, 0.25) is 0 Å². The second-order valence-corrected chi connectivity index (χ2v) is 10.3. The molecule has 36 heavy (non-hydrogen) atoms. The molecule has 0 N–H and O–H groups in total. The van der Waals surface area contributed by atoms with Crippen molar-refractivity contribution in [3.05, 3.63) is 113 Å². The van der Waals surface area contributed by atoms with E-state index >= 15 is 0 Å². The average Bonchev–Trinajstić information content (AvgIpc) is 2.87. The number of thioether (sulfide) groups is 1. The van der Waals surface area contributed by atoms with Gasteiger partial charge in [-0.25, -0.2) is 0 Å². The first-order valence-corrected chi connectivity index (χ1v) is 14.7. The quantitative estimate of drug-likeness (QED) is 0.249. The first-order chi connectivity index (χ1) is 17.4. The Bertz CT molecular complexity index is 1040. The maximum atomic E-state index is 4.05. The van der Waals surface area contributed by atoms with E-state index in [4.69, 9.17) is 0 Å². The van der Waals surface area contributed by atoms with Gasteiger partial charge in [0, 0.05) is 0 Å². The van der Waals surface area contributed by atoms with Gasteiger partial charge in [-0.05, 0) is 97.1 Å². The Morgan fingerprint density at radius 2 is 1.31 bits per heavy atom. The van der Waals surface area contributed by atoms with Gasteiger partial charge in [-0.2, -0.15) is 0 Å². The molecule has 0 aliphatic rings. The Balaban J connectivity index is 0.000000825. The van der Waals surface area contributed by atoms with E-state index in [2.05, 4.69) is 115 Å². The van der Waals surface area contributed by atoms with Crippen molar-refractivity contribution in [1.82, 2.24) is 0 Å². The lowest BCUT2D eigenvalue weighted by molar-refractivity contribution is 0.640. The molecule has 0 unspecified atom stereocenters. The summed E-state index contributed by atoms with van der Waals surface area (Å²) in [5.74, 6) is 0. The van der Waals surface area contributed by atoms with Crippen LogP contribution in [0.5, 0.6) is 0 Å². The summed E-state index contributed by atoms with van der Waals surface area (Å²) < 4.78 is 0. The summed E-state index contributed by atoms with van der Waals surface area (Å²) in [7, 11) is 0. The zero-order valence-electron chi connectivity index (χ0n) is 23.7. The molecule has 3 aromatic carbocycles. The van der Waals surface area contributed by atoms with Gasteiger partial charge < -0.3 is 0 Å². The standard InChI is InChI=1S/C29H34.C3H6S.C3H8/c1-22(2)27-16-11-15-25(21-27)13-7-5-6-8-14-26-18-19-29(24(4)20-26)28-17-10-9-12-23(28)3;1-3-4-2;1-3-2/h9-12,15-21H,1,5-8,13-14H2,2-4H3;3H,1H2,2H3;3H2,1-2H3. The van der Waals surface area contributed by atoms with Gasteiger partial charge in [-0.3, -0.25) is 0 Å². The minimum Gasteiger partial charge on any atom is -0.138 e. The molecule has 0 bridgehead atoms. The largest absolute Gasteiger partial charge is 0.138 e. The third-order valence-corrected chi connectivity index (χ3v) is 6.33. The molecular weight excluding hydrogens is 452 g/mol. The molecule has 0 aliphatic heterocycles.